The van der Waals surface area contributed by atoms with E-state index in [1.807, 2.05) is 22.7 Å². The summed E-state index contributed by atoms with van der Waals surface area (Å²) >= 11 is 3.70. The second-order valence-electron chi connectivity index (χ2n) is 17.6. The first-order valence-electron chi connectivity index (χ1n) is 22.9. The molecule has 0 saturated carbocycles. The normalized spacial score (nSPS) is 12.1. The van der Waals surface area contributed by atoms with Crippen molar-refractivity contribution in [3.8, 4) is 0 Å². The Labute approximate surface area is 397 Å². The molecule has 4 aromatic heterocycles. The van der Waals surface area contributed by atoms with Gasteiger partial charge in [-0.25, -0.2) is 0 Å². The zero-order valence-corrected chi connectivity index (χ0v) is 37.9. The number of hydrogen-bond donors (Lipinski definition) is 0. The van der Waals surface area contributed by atoms with Gasteiger partial charge in [-0.05, 0) is 131 Å². The third kappa shape index (κ3) is 5.65. The molecular formula is C62H36N2O2S2. The van der Waals surface area contributed by atoms with E-state index in [4.69, 9.17) is 8.83 Å². The summed E-state index contributed by atoms with van der Waals surface area (Å²) in [7, 11) is 0. The predicted octanol–water partition coefficient (Wildman–Crippen LogP) is 19.5. The molecule has 0 N–H and O–H groups in total. The van der Waals surface area contributed by atoms with Crippen LogP contribution in [0.4, 0.5) is 34.1 Å². The van der Waals surface area contributed by atoms with Crippen LogP contribution >= 0.6 is 22.7 Å². The van der Waals surface area contributed by atoms with E-state index in [1.54, 1.807) is 0 Å². The van der Waals surface area contributed by atoms with Crippen LogP contribution in [-0.2, 0) is 0 Å². The van der Waals surface area contributed by atoms with Crippen molar-refractivity contribution in [2.45, 2.75) is 0 Å². The first-order chi connectivity index (χ1) is 33.7. The maximum absolute atomic E-state index is 6.94. The Morgan fingerprint density at radius 2 is 0.794 bits per heavy atom. The average molecular weight is 905 g/mol. The molecule has 0 radical (unpaired) electrons. The van der Waals surface area contributed by atoms with Crippen molar-refractivity contribution < 1.29 is 8.83 Å². The topological polar surface area (TPSA) is 32.8 Å². The second-order valence-corrected chi connectivity index (χ2v) is 19.7. The smallest absolute Gasteiger partial charge is 0.147 e. The van der Waals surface area contributed by atoms with Crippen LogP contribution in [0, 0.1) is 0 Å². The van der Waals surface area contributed by atoms with E-state index in [0.29, 0.717) is 0 Å². The van der Waals surface area contributed by atoms with Gasteiger partial charge in [-0.15, -0.1) is 22.7 Å². The summed E-state index contributed by atoms with van der Waals surface area (Å²) in [5.74, 6) is 0. The third-order valence-corrected chi connectivity index (χ3v) is 16.2. The summed E-state index contributed by atoms with van der Waals surface area (Å²) in [6, 6.07) is 78.9. The predicted molar refractivity (Wildman–Crippen MR) is 291 cm³/mol. The van der Waals surface area contributed by atoms with Crippen molar-refractivity contribution >= 4 is 163 Å². The van der Waals surface area contributed by atoms with Gasteiger partial charge in [-0.1, -0.05) is 109 Å². The minimum absolute atomic E-state index is 0.810. The lowest BCUT2D eigenvalue weighted by molar-refractivity contribution is 0.663. The van der Waals surface area contributed by atoms with Gasteiger partial charge in [-0.3, -0.25) is 0 Å². The number of fused-ring (bicyclic) bond motifs is 15. The molecule has 0 fully saturated rings. The third-order valence-electron chi connectivity index (χ3n) is 13.7. The monoisotopic (exact) mass is 904 g/mol. The molecule has 0 unspecified atom stereocenters. The molecule has 15 aromatic rings. The zero-order chi connectivity index (χ0) is 44.5. The van der Waals surface area contributed by atoms with E-state index in [0.717, 1.165) is 99.5 Å². The van der Waals surface area contributed by atoms with E-state index in [2.05, 4.69) is 228 Å². The van der Waals surface area contributed by atoms with Gasteiger partial charge in [0.25, 0.3) is 0 Å². The van der Waals surface area contributed by atoms with E-state index >= 15 is 0 Å². The Hall–Kier alpha value is -8.42. The molecule has 0 spiro atoms. The molecule has 4 nitrogen and oxygen atoms in total. The Morgan fingerprint density at radius 1 is 0.294 bits per heavy atom. The number of anilines is 6. The van der Waals surface area contributed by atoms with E-state index < -0.39 is 0 Å². The van der Waals surface area contributed by atoms with Gasteiger partial charge in [0.1, 0.15) is 22.3 Å². The number of rotatable bonds is 6. The summed E-state index contributed by atoms with van der Waals surface area (Å²) in [6.45, 7) is 0. The van der Waals surface area contributed by atoms with Crippen LogP contribution in [0.2, 0.25) is 0 Å². The molecular weight excluding hydrogens is 869 g/mol. The molecule has 0 aliphatic rings. The van der Waals surface area contributed by atoms with Crippen molar-refractivity contribution in [2.24, 2.45) is 0 Å². The van der Waals surface area contributed by atoms with Crippen LogP contribution in [0.15, 0.2) is 227 Å². The molecule has 318 valence electrons. The summed E-state index contributed by atoms with van der Waals surface area (Å²) in [4.78, 5) is 4.77. The number of hydrogen-bond acceptors (Lipinski definition) is 6. The summed E-state index contributed by atoms with van der Waals surface area (Å²) in [5.41, 5.74) is 10.1. The molecule has 4 heterocycles. The van der Waals surface area contributed by atoms with Crippen LogP contribution < -0.4 is 9.80 Å². The quantitative estimate of drug-likeness (QED) is 0.166. The first-order valence-corrected chi connectivity index (χ1v) is 24.5. The molecule has 0 atom stereocenters. The lowest BCUT2D eigenvalue weighted by atomic mass is 10.0. The molecule has 0 amide bonds. The lowest BCUT2D eigenvalue weighted by Gasteiger charge is -2.26. The van der Waals surface area contributed by atoms with Crippen molar-refractivity contribution in [3.63, 3.8) is 0 Å². The fourth-order valence-electron chi connectivity index (χ4n) is 10.7. The van der Waals surface area contributed by atoms with Gasteiger partial charge in [0.15, 0.2) is 0 Å². The van der Waals surface area contributed by atoms with Crippen molar-refractivity contribution in [2.75, 3.05) is 9.80 Å². The van der Waals surface area contributed by atoms with Crippen LogP contribution in [0.25, 0.3) is 106 Å². The van der Waals surface area contributed by atoms with Crippen molar-refractivity contribution in [1.82, 2.24) is 0 Å². The number of nitrogens with zero attached hydrogens (tertiary/aromatic N) is 2. The summed E-state index contributed by atoms with van der Waals surface area (Å²) < 4.78 is 18.8. The van der Waals surface area contributed by atoms with Gasteiger partial charge < -0.3 is 18.6 Å². The maximum atomic E-state index is 6.94. The van der Waals surface area contributed by atoms with Gasteiger partial charge >= 0.3 is 0 Å². The molecule has 68 heavy (non-hydrogen) atoms. The summed E-state index contributed by atoms with van der Waals surface area (Å²) in [6.07, 6.45) is 0. The summed E-state index contributed by atoms with van der Waals surface area (Å²) in [5, 5.41) is 13.8. The van der Waals surface area contributed by atoms with Gasteiger partial charge in [0, 0.05) is 69.9 Å². The molecule has 0 aliphatic heterocycles. The van der Waals surface area contributed by atoms with Gasteiger partial charge in [-0.2, -0.15) is 0 Å². The van der Waals surface area contributed by atoms with E-state index in [1.165, 1.54) is 40.3 Å². The highest BCUT2D eigenvalue weighted by atomic mass is 32.1. The number of thiophene rings is 2. The molecule has 0 bridgehead atoms. The van der Waals surface area contributed by atoms with E-state index in [9.17, 15) is 0 Å². The first kappa shape index (κ1) is 37.8. The number of benzene rings is 11. The zero-order valence-electron chi connectivity index (χ0n) is 36.3. The fourth-order valence-corrected chi connectivity index (χ4v) is 13.1. The highest BCUT2D eigenvalue weighted by Crippen LogP contribution is 2.48. The Kier molecular flexibility index (Phi) is 8.07. The Morgan fingerprint density at radius 3 is 1.37 bits per heavy atom. The molecule has 0 saturated heterocycles. The Balaban J connectivity index is 0.862. The van der Waals surface area contributed by atoms with E-state index in [-0.39, 0.29) is 0 Å². The largest absolute Gasteiger partial charge is 0.456 e. The van der Waals surface area contributed by atoms with Gasteiger partial charge in [0.2, 0.25) is 0 Å². The SMILES string of the molecule is c1ccc(N(c2ccc3cc4c(cc3c2)oc2c4ccc3oc4cc5cc(N(c6ccccc6)c6cccc7c6sc6ccccc67)ccc5cc4c32)c2cccc3c2sc2ccccc23)cc1. The minimum Gasteiger partial charge on any atom is -0.456 e. The van der Waals surface area contributed by atoms with Crippen molar-refractivity contribution in [1.29, 1.82) is 0 Å². The van der Waals surface area contributed by atoms with Crippen LogP contribution in [0.5, 0.6) is 0 Å². The minimum atomic E-state index is 0.810. The van der Waals surface area contributed by atoms with Gasteiger partial charge in [0.05, 0.1) is 26.2 Å². The highest BCUT2D eigenvalue weighted by Gasteiger charge is 2.22. The average Bonchev–Trinajstić information content (AvgIpc) is 4.16. The maximum Gasteiger partial charge on any atom is 0.147 e. The van der Waals surface area contributed by atoms with Crippen LogP contribution in [-0.4, -0.2) is 0 Å². The number of furan rings is 2. The molecule has 6 heteroatoms. The Bertz CT molecular complexity index is 4520. The van der Waals surface area contributed by atoms with Crippen LogP contribution in [0.3, 0.4) is 0 Å². The standard InChI is InChI=1S/C62H36N2O2S2/c1-3-13-41(14-4-1)63(52-21-11-19-48-45-17-7-9-23-57(45)67-61(48)52)43-27-25-37-33-50-47-29-30-54-59(60(47)66-55(50)35-39(37)31-43)51-34-38-26-28-44(32-40(38)36-56(51)65-54)64(42-15-5-2-6-16-42)53-22-12-20-49-46-18-8-10-24-58(46)68-62(49)53/h1-36H. The second kappa shape index (κ2) is 14.5. The van der Waals surface area contributed by atoms with Crippen molar-refractivity contribution in [3.05, 3.63) is 218 Å². The highest BCUT2D eigenvalue weighted by molar-refractivity contribution is 7.26. The lowest BCUT2D eigenvalue weighted by Crippen LogP contribution is -2.09. The fraction of sp³-hybridized carbons (Fsp3) is 0. The van der Waals surface area contributed by atoms with Crippen LogP contribution in [0.1, 0.15) is 0 Å². The molecule has 15 rings (SSSR count). The molecule has 0 aliphatic carbocycles. The molecule has 11 aromatic carbocycles. The number of para-hydroxylation sites is 2.